The molecule has 0 radical (unpaired) electrons. The molecule has 3 heteroatoms. The summed E-state index contributed by atoms with van der Waals surface area (Å²) in [6.45, 7) is 7.60. The lowest BCUT2D eigenvalue weighted by Gasteiger charge is -2.34. The summed E-state index contributed by atoms with van der Waals surface area (Å²) in [6, 6.07) is 19.0. The van der Waals surface area contributed by atoms with Crippen LogP contribution in [-0.4, -0.2) is 25.8 Å². The quantitative estimate of drug-likeness (QED) is 0.616. The summed E-state index contributed by atoms with van der Waals surface area (Å²) in [5, 5.41) is 0. The number of hydrogen-bond acceptors (Lipinski definition) is 3. The highest BCUT2D eigenvalue weighted by Crippen LogP contribution is 2.37. The van der Waals surface area contributed by atoms with E-state index in [0.29, 0.717) is 19.8 Å². The third kappa shape index (κ3) is 5.67. The Morgan fingerprint density at radius 2 is 1.56 bits per heavy atom. The zero-order chi connectivity index (χ0) is 19.5. The van der Waals surface area contributed by atoms with Gasteiger partial charge in [0.2, 0.25) is 0 Å². The van der Waals surface area contributed by atoms with E-state index in [-0.39, 0.29) is 11.4 Å². The lowest BCUT2D eigenvalue weighted by molar-refractivity contribution is -0.162. The first kappa shape index (κ1) is 21.2. The highest BCUT2D eigenvalue weighted by molar-refractivity contribution is 5.77. The molecule has 2 aromatic rings. The largest absolute Gasteiger partial charge is 0.466 e. The van der Waals surface area contributed by atoms with Crippen molar-refractivity contribution in [3.05, 3.63) is 60.2 Å². The summed E-state index contributed by atoms with van der Waals surface area (Å²) in [6.07, 6.45) is 3.22. The fourth-order valence-corrected chi connectivity index (χ4v) is 3.48. The van der Waals surface area contributed by atoms with Gasteiger partial charge < -0.3 is 9.47 Å². The lowest BCUT2D eigenvalue weighted by atomic mass is 9.75. The van der Waals surface area contributed by atoms with E-state index in [1.807, 2.05) is 26.8 Å². The number of benzene rings is 2. The number of carbonyl (C=O) groups excluding carboxylic acids is 1. The van der Waals surface area contributed by atoms with Gasteiger partial charge in [0.25, 0.3) is 0 Å². The van der Waals surface area contributed by atoms with Crippen molar-refractivity contribution in [2.75, 3.05) is 19.8 Å². The summed E-state index contributed by atoms with van der Waals surface area (Å²) in [4.78, 5) is 12.5. The summed E-state index contributed by atoms with van der Waals surface area (Å²) in [7, 11) is 0. The number of carbonyl (C=O) groups is 1. The first-order valence-electron chi connectivity index (χ1n) is 10.1. The molecule has 0 atom stereocenters. The van der Waals surface area contributed by atoms with Crippen molar-refractivity contribution in [3.8, 4) is 11.1 Å². The average Bonchev–Trinajstić information content (AvgIpc) is 2.75. The molecule has 1 heterocycles. The number of hydrogen-bond donors (Lipinski definition) is 0. The van der Waals surface area contributed by atoms with Gasteiger partial charge in [-0.25, -0.2) is 0 Å². The minimum Gasteiger partial charge on any atom is -0.466 e. The molecule has 0 N–H and O–H groups in total. The molecule has 0 amide bonds. The minimum absolute atomic E-state index is 0.0563. The average molecular weight is 369 g/mol. The van der Waals surface area contributed by atoms with Gasteiger partial charge in [0.1, 0.15) is 0 Å². The van der Waals surface area contributed by atoms with E-state index in [1.165, 1.54) is 16.7 Å². The fourth-order valence-electron chi connectivity index (χ4n) is 3.48. The van der Waals surface area contributed by atoms with Crippen molar-refractivity contribution >= 4 is 5.97 Å². The normalized spacial score (nSPS) is 15.4. The Labute approximate surface area is 163 Å². The third-order valence-electron chi connectivity index (χ3n) is 5.11. The molecule has 0 unspecified atom stereocenters. The summed E-state index contributed by atoms with van der Waals surface area (Å²) < 4.78 is 10.8. The van der Waals surface area contributed by atoms with Crippen LogP contribution in [-0.2, 0) is 20.7 Å². The number of rotatable bonds is 6. The molecule has 0 aliphatic carbocycles. The summed E-state index contributed by atoms with van der Waals surface area (Å²) in [5.41, 5.74) is 3.32. The van der Waals surface area contributed by atoms with Gasteiger partial charge in [0.15, 0.2) is 0 Å². The van der Waals surface area contributed by atoms with E-state index in [0.717, 1.165) is 25.7 Å². The molecule has 1 aliphatic rings. The van der Waals surface area contributed by atoms with Gasteiger partial charge >= 0.3 is 5.97 Å². The maximum atomic E-state index is 12.5. The molecule has 0 spiro atoms. The zero-order valence-corrected chi connectivity index (χ0v) is 16.9. The Morgan fingerprint density at radius 3 is 2.15 bits per heavy atom. The predicted octanol–water partition coefficient (Wildman–Crippen LogP) is 5.67. The molecular formula is C24H32O3. The third-order valence-corrected chi connectivity index (χ3v) is 5.11. The van der Waals surface area contributed by atoms with Crippen LogP contribution in [0.25, 0.3) is 11.1 Å². The molecule has 2 aromatic carbocycles. The topological polar surface area (TPSA) is 35.5 Å². The molecular weight excluding hydrogens is 336 g/mol. The van der Waals surface area contributed by atoms with Crippen molar-refractivity contribution in [1.29, 1.82) is 0 Å². The highest BCUT2D eigenvalue weighted by atomic mass is 16.5. The first-order chi connectivity index (χ1) is 13.2. The van der Waals surface area contributed by atoms with Crippen molar-refractivity contribution in [2.45, 2.75) is 46.5 Å². The maximum absolute atomic E-state index is 12.5. The standard InChI is InChI=1S/C22H26O3.C2H6/c1-2-25-21(23)22(14-16-24-17-15-22)13-12-18-8-10-20(11-9-18)19-6-4-3-5-7-19;1-2/h3-11H,2,12-17H2,1H3;1-2H3. The van der Waals surface area contributed by atoms with Gasteiger partial charge in [0.05, 0.1) is 12.0 Å². The van der Waals surface area contributed by atoms with Gasteiger partial charge in [-0.2, -0.15) is 0 Å². The SMILES string of the molecule is CC.CCOC(=O)C1(CCc2ccc(-c3ccccc3)cc2)CCOCC1. The molecule has 3 nitrogen and oxygen atoms in total. The van der Waals surface area contributed by atoms with Crippen LogP contribution in [0.15, 0.2) is 54.6 Å². The lowest BCUT2D eigenvalue weighted by Crippen LogP contribution is -2.39. The van der Waals surface area contributed by atoms with E-state index < -0.39 is 0 Å². The van der Waals surface area contributed by atoms with Crippen LogP contribution in [0.4, 0.5) is 0 Å². The van der Waals surface area contributed by atoms with Crippen molar-refractivity contribution in [2.24, 2.45) is 5.41 Å². The van der Waals surface area contributed by atoms with Crippen LogP contribution >= 0.6 is 0 Å². The Hall–Kier alpha value is -2.13. The molecule has 0 saturated carbocycles. The number of ether oxygens (including phenoxy) is 2. The number of esters is 1. The first-order valence-corrected chi connectivity index (χ1v) is 10.1. The Balaban J connectivity index is 0.00000126. The molecule has 27 heavy (non-hydrogen) atoms. The second-order valence-corrected chi connectivity index (χ2v) is 6.68. The van der Waals surface area contributed by atoms with Crippen LogP contribution < -0.4 is 0 Å². The minimum atomic E-state index is -0.383. The zero-order valence-electron chi connectivity index (χ0n) is 16.9. The van der Waals surface area contributed by atoms with E-state index in [1.54, 1.807) is 0 Å². The predicted molar refractivity (Wildman–Crippen MR) is 111 cm³/mol. The van der Waals surface area contributed by atoms with Crippen molar-refractivity contribution in [1.82, 2.24) is 0 Å². The van der Waals surface area contributed by atoms with E-state index in [2.05, 4.69) is 48.5 Å². The van der Waals surface area contributed by atoms with Gasteiger partial charge in [-0.1, -0.05) is 68.4 Å². The van der Waals surface area contributed by atoms with E-state index in [9.17, 15) is 4.79 Å². The molecule has 3 rings (SSSR count). The Bertz CT molecular complexity index is 671. The molecule has 146 valence electrons. The fraction of sp³-hybridized carbons (Fsp3) is 0.458. The van der Waals surface area contributed by atoms with Gasteiger partial charge in [-0.15, -0.1) is 0 Å². The molecule has 1 aliphatic heterocycles. The summed E-state index contributed by atoms with van der Waals surface area (Å²) >= 11 is 0. The second kappa shape index (κ2) is 10.9. The van der Waals surface area contributed by atoms with Crippen LogP contribution in [0.5, 0.6) is 0 Å². The van der Waals surface area contributed by atoms with Gasteiger partial charge in [-0.05, 0) is 49.3 Å². The smallest absolute Gasteiger partial charge is 0.312 e. The van der Waals surface area contributed by atoms with Gasteiger partial charge in [-0.3, -0.25) is 4.79 Å². The summed E-state index contributed by atoms with van der Waals surface area (Å²) in [5.74, 6) is -0.0563. The van der Waals surface area contributed by atoms with Crippen LogP contribution in [0.1, 0.15) is 45.6 Å². The number of aryl methyl sites for hydroxylation is 1. The van der Waals surface area contributed by atoms with Crippen LogP contribution in [0, 0.1) is 5.41 Å². The highest BCUT2D eigenvalue weighted by Gasteiger charge is 2.40. The van der Waals surface area contributed by atoms with Crippen LogP contribution in [0.3, 0.4) is 0 Å². The Morgan fingerprint density at radius 1 is 0.963 bits per heavy atom. The molecule has 0 aromatic heterocycles. The second-order valence-electron chi connectivity index (χ2n) is 6.68. The maximum Gasteiger partial charge on any atom is 0.312 e. The van der Waals surface area contributed by atoms with E-state index >= 15 is 0 Å². The van der Waals surface area contributed by atoms with Crippen molar-refractivity contribution in [3.63, 3.8) is 0 Å². The van der Waals surface area contributed by atoms with Crippen molar-refractivity contribution < 1.29 is 14.3 Å². The Kier molecular flexibility index (Phi) is 8.53. The monoisotopic (exact) mass is 368 g/mol. The van der Waals surface area contributed by atoms with Crippen LogP contribution in [0.2, 0.25) is 0 Å². The molecule has 1 fully saturated rings. The van der Waals surface area contributed by atoms with Gasteiger partial charge in [0, 0.05) is 13.2 Å². The van der Waals surface area contributed by atoms with E-state index in [4.69, 9.17) is 9.47 Å². The molecule has 1 saturated heterocycles. The molecule has 0 bridgehead atoms.